The molecule has 1 N–H and O–H groups in total. The summed E-state index contributed by atoms with van der Waals surface area (Å²) in [5, 5.41) is 9.16. The lowest BCUT2D eigenvalue weighted by molar-refractivity contribution is -0.138. The third-order valence-electron chi connectivity index (χ3n) is 1.95. The summed E-state index contributed by atoms with van der Waals surface area (Å²) in [4.78, 5) is 10.5. The smallest absolute Gasteiger partial charge is 0.335 e. The molecule has 4 heteroatoms. The van der Waals surface area contributed by atoms with Gasteiger partial charge in [0.1, 0.15) is 6.10 Å². The van der Waals surface area contributed by atoms with Crippen LogP contribution < -0.4 is 0 Å². The molecule has 2 rings (SSSR count). The highest BCUT2D eigenvalue weighted by atomic mass is 35.5. The molecule has 13 heavy (non-hydrogen) atoms. The monoisotopic (exact) mass is 198 g/mol. The second-order valence-electron chi connectivity index (χ2n) is 2.84. The van der Waals surface area contributed by atoms with Gasteiger partial charge >= 0.3 is 5.97 Å². The predicted octanol–water partition coefficient (Wildman–Crippen LogP) is 1.86. The highest BCUT2D eigenvalue weighted by Crippen LogP contribution is 2.41. The Balaban J connectivity index is 2.21. The van der Waals surface area contributed by atoms with Gasteiger partial charge in [0.2, 0.25) is 0 Å². The van der Waals surface area contributed by atoms with Crippen LogP contribution in [0.2, 0.25) is 5.02 Å². The van der Waals surface area contributed by atoms with Crippen LogP contribution in [0.3, 0.4) is 0 Å². The van der Waals surface area contributed by atoms with E-state index in [1.807, 2.05) is 6.07 Å². The fourth-order valence-corrected chi connectivity index (χ4v) is 1.49. The van der Waals surface area contributed by atoms with Crippen LogP contribution in [0, 0.1) is 0 Å². The van der Waals surface area contributed by atoms with E-state index in [0.717, 1.165) is 5.56 Å². The van der Waals surface area contributed by atoms with Crippen molar-refractivity contribution < 1.29 is 14.6 Å². The number of aliphatic carboxylic acids is 1. The Labute approximate surface area is 79.9 Å². The summed E-state index contributed by atoms with van der Waals surface area (Å²) in [5.41, 5.74) is 0.747. The molecule has 0 bridgehead atoms. The maximum Gasteiger partial charge on any atom is 0.335 e. The van der Waals surface area contributed by atoms with Crippen molar-refractivity contribution in [3.63, 3.8) is 0 Å². The van der Waals surface area contributed by atoms with Crippen molar-refractivity contribution in [2.75, 3.05) is 0 Å². The molecule has 1 fully saturated rings. The van der Waals surface area contributed by atoms with Gasteiger partial charge in [-0.15, -0.1) is 0 Å². The summed E-state index contributed by atoms with van der Waals surface area (Å²) < 4.78 is 4.96. The average Bonchev–Trinajstić information content (AvgIpc) is 2.84. The van der Waals surface area contributed by atoms with Gasteiger partial charge in [-0.1, -0.05) is 29.8 Å². The van der Waals surface area contributed by atoms with Crippen LogP contribution in [0.25, 0.3) is 0 Å². The van der Waals surface area contributed by atoms with E-state index in [0.29, 0.717) is 5.02 Å². The number of carbonyl (C=O) groups is 1. The third-order valence-corrected chi connectivity index (χ3v) is 2.29. The van der Waals surface area contributed by atoms with Gasteiger partial charge in [0, 0.05) is 10.6 Å². The maximum absolute atomic E-state index is 10.5. The van der Waals surface area contributed by atoms with Gasteiger partial charge in [-0.25, -0.2) is 4.79 Å². The van der Waals surface area contributed by atoms with Gasteiger partial charge in [-0.3, -0.25) is 0 Å². The largest absolute Gasteiger partial charge is 0.479 e. The minimum atomic E-state index is -0.940. The van der Waals surface area contributed by atoms with Crippen molar-refractivity contribution in [1.29, 1.82) is 0 Å². The molecule has 0 aromatic heterocycles. The van der Waals surface area contributed by atoms with Crippen LogP contribution >= 0.6 is 11.6 Å². The fourth-order valence-electron chi connectivity index (χ4n) is 1.24. The van der Waals surface area contributed by atoms with Crippen molar-refractivity contribution >= 4 is 17.6 Å². The third kappa shape index (κ3) is 1.53. The van der Waals surface area contributed by atoms with Crippen molar-refractivity contribution in [3.05, 3.63) is 34.9 Å². The van der Waals surface area contributed by atoms with Crippen LogP contribution in [0.5, 0.6) is 0 Å². The van der Waals surface area contributed by atoms with Crippen LogP contribution in [0.1, 0.15) is 11.7 Å². The Bertz CT molecular complexity index is 350. The van der Waals surface area contributed by atoms with Gasteiger partial charge in [0.05, 0.1) is 0 Å². The highest BCUT2D eigenvalue weighted by Gasteiger charge is 2.47. The van der Waals surface area contributed by atoms with E-state index in [1.54, 1.807) is 18.2 Å². The standard InChI is InChI=1S/C9H7ClO3/c10-6-4-2-1-3-5(6)7-8(13-7)9(11)12/h1-4,7-8H,(H,11,12)/t7-,8+/m1/s1. The molecule has 0 unspecified atom stereocenters. The molecular weight excluding hydrogens is 192 g/mol. The lowest BCUT2D eigenvalue weighted by Crippen LogP contribution is -2.04. The van der Waals surface area contributed by atoms with Gasteiger partial charge in [0.15, 0.2) is 6.10 Å². The van der Waals surface area contributed by atoms with Crippen molar-refractivity contribution in [2.45, 2.75) is 12.2 Å². The molecule has 2 atom stereocenters. The Hall–Kier alpha value is -1.06. The van der Waals surface area contributed by atoms with E-state index in [1.165, 1.54) is 0 Å². The fraction of sp³-hybridized carbons (Fsp3) is 0.222. The van der Waals surface area contributed by atoms with E-state index in [2.05, 4.69) is 0 Å². The molecule has 1 aromatic carbocycles. The summed E-state index contributed by atoms with van der Waals surface area (Å²) in [7, 11) is 0. The van der Waals surface area contributed by atoms with E-state index >= 15 is 0 Å². The maximum atomic E-state index is 10.5. The van der Waals surface area contributed by atoms with Gasteiger partial charge in [-0.05, 0) is 6.07 Å². The molecule has 0 radical (unpaired) electrons. The topological polar surface area (TPSA) is 49.8 Å². The van der Waals surface area contributed by atoms with Crippen LogP contribution in [0.4, 0.5) is 0 Å². The number of halogens is 1. The van der Waals surface area contributed by atoms with Crippen molar-refractivity contribution in [1.82, 2.24) is 0 Å². The number of carboxylic acid groups (broad SMARTS) is 1. The van der Waals surface area contributed by atoms with Gasteiger partial charge < -0.3 is 9.84 Å². The molecule has 3 nitrogen and oxygen atoms in total. The van der Waals surface area contributed by atoms with Crippen LogP contribution in [0.15, 0.2) is 24.3 Å². The Morgan fingerprint density at radius 1 is 1.46 bits per heavy atom. The predicted molar refractivity (Wildman–Crippen MR) is 46.7 cm³/mol. The number of hydrogen-bond donors (Lipinski definition) is 1. The van der Waals surface area contributed by atoms with Crippen LogP contribution in [-0.2, 0) is 9.53 Å². The Kier molecular flexibility index (Phi) is 1.98. The SMILES string of the molecule is O=C(O)[C@H]1O[C@@H]1c1ccccc1Cl. The molecule has 0 spiro atoms. The van der Waals surface area contributed by atoms with E-state index in [-0.39, 0.29) is 6.10 Å². The quantitative estimate of drug-likeness (QED) is 0.738. The first-order chi connectivity index (χ1) is 6.20. The summed E-state index contributed by atoms with van der Waals surface area (Å²) in [5.74, 6) is -0.940. The number of epoxide rings is 1. The molecule has 1 saturated heterocycles. The van der Waals surface area contributed by atoms with E-state index < -0.39 is 12.1 Å². The molecule has 1 heterocycles. The highest BCUT2D eigenvalue weighted by molar-refractivity contribution is 6.31. The molecule has 1 aromatic rings. The molecule has 1 aliphatic heterocycles. The number of rotatable bonds is 2. The second-order valence-corrected chi connectivity index (χ2v) is 3.24. The van der Waals surface area contributed by atoms with Crippen LogP contribution in [-0.4, -0.2) is 17.2 Å². The minimum Gasteiger partial charge on any atom is -0.479 e. The lowest BCUT2D eigenvalue weighted by atomic mass is 10.1. The Morgan fingerprint density at radius 3 is 2.69 bits per heavy atom. The zero-order valence-electron chi connectivity index (χ0n) is 6.61. The van der Waals surface area contributed by atoms with E-state index in [9.17, 15) is 4.79 Å². The summed E-state index contributed by atoms with van der Waals surface area (Å²) in [6.45, 7) is 0. The second kappa shape index (κ2) is 3.01. The molecule has 0 saturated carbocycles. The summed E-state index contributed by atoms with van der Waals surface area (Å²) in [6, 6.07) is 7.10. The van der Waals surface area contributed by atoms with Crippen molar-refractivity contribution in [3.8, 4) is 0 Å². The van der Waals surface area contributed by atoms with Crippen molar-refractivity contribution in [2.24, 2.45) is 0 Å². The average molecular weight is 199 g/mol. The molecule has 1 aliphatic rings. The van der Waals surface area contributed by atoms with E-state index in [4.69, 9.17) is 21.4 Å². The first kappa shape index (κ1) is 8.53. The number of hydrogen-bond acceptors (Lipinski definition) is 2. The number of carboxylic acids is 1. The normalized spacial score (nSPS) is 25.6. The molecule has 0 amide bonds. The lowest BCUT2D eigenvalue weighted by Gasteiger charge is -1.97. The summed E-state index contributed by atoms with van der Waals surface area (Å²) in [6.07, 6.45) is -1.09. The number of benzene rings is 1. The molecule has 0 aliphatic carbocycles. The molecular formula is C9H7ClO3. The first-order valence-electron chi connectivity index (χ1n) is 3.83. The zero-order valence-corrected chi connectivity index (χ0v) is 7.36. The molecule has 68 valence electrons. The first-order valence-corrected chi connectivity index (χ1v) is 4.20. The zero-order chi connectivity index (χ0) is 9.42. The number of ether oxygens (including phenoxy) is 1. The summed E-state index contributed by atoms with van der Waals surface area (Å²) >= 11 is 5.86. The van der Waals surface area contributed by atoms with Gasteiger partial charge in [0.25, 0.3) is 0 Å². The minimum absolute atomic E-state index is 0.369. The Morgan fingerprint density at radius 2 is 2.15 bits per heavy atom. The van der Waals surface area contributed by atoms with Gasteiger partial charge in [-0.2, -0.15) is 0 Å².